The monoisotopic (exact) mass is 462 g/mol. The van der Waals surface area contributed by atoms with Crippen molar-refractivity contribution < 1.29 is 22.3 Å². The minimum atomic E-state index is -3.53. The van der Waals surface area contributed by atoms with Crippen LogP contribution in [0.4, 0.5) is 4.39 Å². The molecule has 0 aliphatic rings. The zero-order valence-corrected chi connectivity index (χ0v) is 18.8. The second-order valence-corrected chi connectivity index (χ2v) is 9.37. The number of nitrogens with zero attached hydrogens (tertiary/aromatic N) is 4. The predicted octanol–water partition coefficient (Wildman–Crippen LogP) is 2.53. The van der Waals surface area contributed by atoms with E-state index in [4.69, 9.17) is 9.47 Å². The second-order valence-electron chi connectivity index (χ2n) is 7.40. The van der Waals surface area contributed by atoms with Crippen molar-refractivity contribution in [2.75, 3.05) is 27.2 Å². The summed E-state index contributed by atoms with van der Waals surface area (Å²) in [6, 6.07) is 5.00. The Bertz CT molecular complexity index is 1400. The number of rotatable bonds is 8. The normalized spacial score (nSPS) is 12.2. The molecule has 32 heavy (non-hydrogen) atoms. The van der Waals surface area contributed by atoms with Gasteiger partial charge in [-0.3, -0.25) is 0 Å². The summed E-state index contributed by atoms with van der Waals surface area (Å²) >= 11 is 0. The molecule has 0 saturated heterocycles. The first-order valence-corrected chi connectivity index (χ1v) is 11.2. The molecule has 0 aliphatic carbocycles. The number of aromatic amines is 1. The van der Waals surface area contributed by atoms with Gasteiger partial charge in [0.25, 0.3) is 10.2 Å². The van der Waals surface area contributed by atoms with Crippen LogP contribution >= 0.6 is 0 Å². The summed E-state index contributed by atoms with van der Waals surface area (Å²) in [5, 5.41) is 4.59. The van der Waals surface area contributed by atoms with Gasteiger partial charge in [-0.2, -0.15) is 27.5 Å². The van der Waals surface area contributed by atoms with Crippen LogP contribution in [0.2, 0.25) is 0 Å². The molecule has 3 heterocycles. The Morgan fingerprint density at radius 3 is 2.78 bits per heavy atom. The van der Waals surface area contributed by atoms with Crippen LogP contribution in [0.5, 0.6) is 17.4 Å². The molecule has 12 heteroatoms. The zero-order chi connectivity index (χ0) is 23.0. The van der Waals surface area contributed by atoms with E-state index in [1.165, 1.54) is 24.9 Å². The van der Waals surface area contributed by atoms with E-state index in [0.717, 1.165) is 10.00 Å². The van der Waals surface area contributed by atoms with Gasteiger partial charge in [0.15, 0.2) is 11.6 Å². The fourth-order valence-corrected chi connectivity index (χ4v) is 3.86. The Balaban J connectivity index is 1.57. The minimum Gasteiger partial charge on any atom is -0.490 e. The van der Waals surface area contributed by atoms with Crippen molar-refractivity contribution in [2.24, 2.45) is 0 Å². The van der Waals surface area contributed by atoms with E-state index in [1.54, 1.807) is 31.3 Å². The van der Waals surface area contributed by atoms with Crippen molar-refractivity contribution in [3.05, 3.63) is 47.8 Å². The molecular weight excluding hydrogens is 439 g/mol. The highest BCUT2D eigenvalue weighted by molar-refractivity contribution is 7.87. The number of aryl methyl sites for hydroxylation is 2. The van der Waals surface area contributed by atoms with Crippen molar-refractivity contribution in [1.82, 2.24) is 28.6 Å². The van der Waals surface area contributed by atoms with Crippen LogP contribution in [0.15, 0.2) is 30.7 Å². The number of benzene rings is 1. The van der Waals surface area contributed by atoms with E-state index < -0.39 is 16.0 Å². The number of hydrogen-bond acceptors (Lipinski definition) is 6. The lowest BCUT2D eigenvalue weighted by Crippen LogP contribution is -2.37. The Kier molecular flexibility index (Phi) is 5.75. The number of nitrogens with one attached hydrogen (secondary N) is 2. The van der Waals surface area contributed by atoms with E-state index in [1.807, 2.05) is 6.92 Å². The van der Waals surface area contributed by atoms with Gasteiger partial charge in [-0.25, -0.2) is 8.91 Å². The van der Waals surface area contributed by atoms with Crippen LogP contribution in [0.3, 0.4) is 0 Å². The summed E-state index contributed by atoms with van der Waals surface area (Å²) in [6.45, 7) is 3.83. The lowest BCUT2D eigenvalue weighted by Gasteiger charge is -2.12. The summed E-state index contributed by atoms with van der Waals surface area (Å²) in [6.07, 6.45) is 2.93. The molecule has 0 saturated carbocycles. The molecular formula is C20H23FN6O4S. The number of hydrogen-bond donors (Lipinski definition) is 2. The SMILES string of the molecule is Cc1cc2c(F)c(Oc3ncnn4cc(OCCNS(=O)(=O)N(C)C)c(C)c34)ccc2[nH]1. The highest BCUT2D eigenvalue weighted by atomic mass is 32.2. The molecule has 0 bridgehead atoms. The smallest absolute Gasteiger partial charge is 0.279 e. The largest absolute Gasteiger partial charge is 0.490 e. The quantitative estimate of drug-likeness (QED) is 0.389. The van der Waals surface area contributed by atoms with Crippen LogP contribution in [0, 0.1) is 19.7 Å². The van der Waals surface area contributed by atoms with E-state index in [0.29, 0.717) is 27.7 Å². The fraction of sp³-hybridized carbons (Fsp3) is 0.300. The molecule has 0 fully saturated rings. The van der Waals surface area contributed by atoms with Gasteiger partial charge in [-0.15, -0.1) is 0 Å². The zero-order valence-electron chi connectivity index (χ0n) is 18.0. The molecule has 1 aromatic carbocycles. The maximum Gasteiger partial charge on any atom is 0.279 e. The third kappa shape index (κ3) is 4.11. The third-order valence-corrected chi connectivity index (χ3v) is 6.45. The standard InChI is InChI=1S/C20H23FN6O4S/c1-12-9-14-15(25-12)5-6-16(18(14)21)31-20-19-13(2)17(10-27(19)23-11-22-20)30-8-7-24-32(28,29)26(3)4/h5-6,9-11,24-25H,7-8H2,1-4H3. The molecule has 0 amide bonds. The van der Waals surface area contributed by atoms with Crippen molar-refractivity contribution in [3.8, 4) is 17.4 Å². The lowest BCUT2D eigenvalue weighted by molar-refractivity contribution is 0.319. The van der Waals surface area contributed by atoms with Crippen LogP contribution < -0.4 is 14.2 Å². The molecule has 2 N–H and O–H groups in total. The number of H-pyrrole nitrogens is 1. The summed E-state index contributed by atoms with van der Waals surface area (Å²) in [7, 11) is -0.656. The number of fused-ring (bicyclic) bond motifs is 2. The van der Waals surface area contributed by atoms with Gasteiger partial charge in [-0.1, -0.05) is 0 Å². The van der Waals surface area contributed by atoms with Gasteiger partial charge in [0.1, 0.15) is 24.2 Å². The van der Waals surface area contributed by atoms with Gasteiger partial charge in [0, 0.05) is 42.8 Å². The molecule has 10 nitrogen and oxygen atoms in total. The maximum absolute atomic E-state index is 15.0. The third-order valence-electron chi connectivity index (χ3n) is 4.92. The first-order valence-electron chi connectivity index (χ1n) is 9.76. The minimum absolute atomic E-state index is 0.0401. The molecule has 0 unspecified atom stereocenters. The van der Waals surface area contributed by atoms with Crippen LogP contribution in [-0.4, -0.2) is 59.6 Å². The van der Waals surface area contributed by atoms with Crippen molar-refractivity contribution >= 4 is 26.6 Å². The molecule has 0 spiro atoms. The van der Waals surface area contributed by atoms with Crippen molar-refractivity contribution in [2.45, 2.75) is 13.8 Å². The van der Waals surface area contributed by atoms with Gasteiger partial charge in [0.05, 0.1) is 6.20 Å². The average Bonchev–Trinajstić information content (AvgIpc) is 3.28. The fourth-order valence-electron chi connectivity index (χ4n) is 3.26. The number of aromatic nitrogens is 4. The summed E-state index contributed by atoms with van der Waals surface area (Å²) in [5.74, 6) is 0.207. The highest BCUT2D eigenvalue weighted by Crippen LogP contribution is 2.34. The van der Waals surface area contributed by atoms with Gasteiger partial charge in [-0.05, 0) is 32.0 Å². The van der Waals surface area contributed by atoms with Crippen molar-refractivity contribution in [1.29, 1.82) is 0 Å². The Morgan fingerprint density at radius 2 is 2.03 bits per heavy atom. The Hall–Kier alpha value is -3.22. The summed E-state index contributed by atoms with van der Waals surface area (Å²) < 4.78 is 55.0. The average molecular weight is 463 g/mol. The summed E-state index contributed by atoms with van der Waals surface area (Å²) in [5.41, 5.74) is 2.72. The van der Waals surface area contributed by atoms with E-state index >= 15 is 0 Å². The Labute approximate surface area is 184 Å². The van der Waals surface area contributed by atoms with Crippen molar-refractivity contribution in [3.63, 3.8) is 0 Å². The highest BCUT2D eigenvalue weighted by Gasteiger charge is 2.18. The van der Waals surface area contributed by atoms with Gasteiger partial charge < -0.3 is 14.5 Å². The molecule has 0 aliphatic heterocycles. The van der Waals surface area contributed by atoms with Crippen LogP contribution in [0.1, 0.15) is 11.3 Å². The predicted molar refractivity (Wildman–Crippen MR) is 117 cm³/mol. The summed E-state index contributed by atoms with van der Waals surface area (Å²) in [4.78, 5) is 7.25. The first-order chi connectivity index (χ1) is 15.2. The molecule has 4 rings (SSSR count). The van der Waals surface area contributed by atoms with Crippen LogP contribution in [-0.2, 0) is 10.2 Å². The molecule has 4 aromatic rings. The maximum atomic E-state index is 15.0. The number of ether oxygens (including phenoxy) is 2. The molecule has 0 radical (unpaired) electrons. The van der Waals surface area contributed by atoms with E-state index in [-0.39, 0.29) is 24.8 Å². The Morgan fingerprint density at radius 1 is 1.25 bits per heavy atom. The first kappa shape index (κ1) is 22.0. The van der Waals surface area contributed by atoms with E-state index in [2.05, 4.69) is 19.8 Å². The molecule has 0 atom stereocenters. The molecule has 170 valence electrons. The topological polar surface area (TPSA) is 114 Å². The van der Waals surface area contributed by atoms with Gasteiger partial charge in [0.2, 0.25) is 5.88 Å². The van der Waals surface area contributed by atoms with Gasteiger partial charge >= 0.3 is 0 Å². The van der Waals surface area contributed by atoms with E-state index in [9.17, 15) is 12.8 Å². The number of halogens is 1. The van der Waals surface area contributed by atoms with Crippen LogP contribution in [0.25, 0.3) is 16.4 Å². The lowest BCUT2D eigenvalue weighted by atomic mass is 10.2. The second kappa shape index (κ2) is 8.37. The molecule has 3 aromatic heterocycles.